The molecule has 3 N–H and O–H groups in total. The Labute approximate surface area is 147 Å². The molecule has 7 heteroatoms. The van der Waals surface area contributed by atoms with Crippen LogP contribution in [-0.2, 0) is 17.9 Å². The summed E-state index contributed by atoms with van der Waals surface area (Å²) in [4.78, 5) is 21.6. The Bertz CT molecular complexity index is 737. The predicted molar refractivity (Wildman–Crippen MR) is 94.7 cm³/mol. The zero-order valence-corrected chi connectivity index (χ0v) is 14.3. The molecule has 3 heterocycles. The topological polar surface area (TPSA) is 93.4 Å². The molecular weight excluding hydrogens is 318 g/mol. The molecule has 132 valence electrons. The first-order valence-electron chi connectivity index (χ1n) is 8.37. The van der Waals surface area contributed by atoms with Crippen molar-refractivity contribution in [3.8, 4) is 5.75 Å². The minimum absolute atomic E-state index is 0.0729. The van der Waals surface area contributed by atoms with E-state index in [2.05, 4.69) is 20.2 Å². The van der Waals surface area contributed by atoms with Gasteiger partial charge in [0.1, 0.15) is 17.7 Å². The summed E-state index contributed by atoms with van der Waals surface area (Å²) in [7, 11) is 0. The highest BCUT2D eigenvalue weighted by Crippen LogP contribution is 2.20. The molecule has 2 aromatic rings. The van der Waals surface area contributed by atoms with Gasteiger partial charge >= 0.3 is 0 Å². The van der Waals surface area contributed by atoms with Crippen LogP contribution in [0.5, 0.6) is 5.75 Å². The van der Waals surface area contributed by atoms with Crippen molar-refractivity contribution in [3.05, 3.63) is 47.9 Å². The number of likely N-dealkylation sites (tertiary alicyclic amines) is 1. The molecule has 1 aliphatic rings. The van der Waals surface area contributed by atoms with E-state index in [1.807, 2.05) is 24.3 Å². The molecule has 1 fully saturated rings. The Kier molecular flexibility index (Phi) is 5.45. The van der Waals surface area contributed by atoms with Gasteiger partial charge in [0.05, 0.1) is 12.2 Å². The molecule has 1 atom stereocenters. The van der Waals surface area contributed by atoms with Crippen LogP contribution in [0, 0.1) is 0 Å². The fourth-order valence-electron chi connectivity index (χ4n) is 2.92. The molecule has 0 aliphatic carbocycles. The van der Waals surface area contributed by atoms with Gasteiger partial charge in [-0.3, -0.25) is 14.7 Å². The lowest BCUT2D eigenvalue weighted by Gasteiger charge is -2.17. The van der Waals surface area contributed by atoms with Crippen molar-refractivity contribution in [2.45, 2.75) is 32.5 Å². The Hall–Kier alpha value is -2.67. The second-order valence-corrected chi connectivity index (χ2v) is 6.25. The van der Waals surface area contributed by atoms with Crippen LogP contribution in [0.25, 0.3) is 0 Å². The van der Waals surface area contributed by atoms with Crippen LogP contribution >= 0.6 is 0 Å². The van der Waals surface area contributed by atoms with E-state index in [9.17, 15) is 4.79 Å². The van der Waals surface area contributed by atoms with Gasteiger partial charge in [-0.15, -0.1) is 0 Å². The number of hydrogen-bond donors (Lipinski definition) is 2. The highest BCUT2D eigenvalue weighted by Gasteiger charge is 2.24. The van der Waals surface area contributed by atoms with Crippen LogP contribution in [-0.4, -0.2) is 40.0 Å². The number of nitrogens with two attached hydrogens (primary N) is 1. The Balaban J connectivity index is 1.52. The number of rotatable bonds is 6. The van der Waals surface area contributed by atoms with Crippen molar-refractivity contribution >= 4 is 11.7 Å². The lowest BCUT2D eigenvalue weighted by atomic mass is 10.2. The summed E-state index contributed by atoms with van der Waals surface area (Å²) in [5, 5.41) is 2.74. The summed E-state index contributed by atoms with van der Waals surface area (Å²) >= 11 is 0. The zero-order valence-electron chi connectivity index (χ0n) is 14.3. The number of hydrogen-bond acceptors (Lipinski definition) is 6. The summed E-state index contributed by atoms with van der Waals surface area (Å²) in [6, 6.07) is 7.62. The summed E-state index contributed by atoms with van der Waals surface area (Å²) in [5.41, 5.74) is 7.68. The van der Waals surface area contributed by atoms with Crippen LogP contribution < -0.4 is 15.8 Å². The minimum Gasteiger partial charge on any atom is -0.489 e. The van der Waals surface area contributed by atoms with E-state index in [1.165, 1.54) is 6.92 Å². The molecule has 1 unspecified atom stereocenters. The van der Waals surface area contributed by atoms with Gasteiger partial charge in [-0.1, -0.05) is 0 Å². The maximum absolute atomic E-state index is 11.0. The van der Waals surface area contributed by atoms with Crippen molar-refractivity contribution in [2.75, 3.05) is 18.8 Å². The number of nitrogens with zero attached hydrogens (tertiary/aromatic N) is 3. The number of amides is 1. The molecule has 0 bridgehead atoms. The fourth-order valence-corrected chi connectivity index (χ4v) is 2.92. The Morgan fingerprint density at radius 1 is 1.36 bits per heavy atom. The van der Waals surface area contributed by atoms with E-state index < -0.39 is 0 Å². The van der Waals surface area contributed by atoms with Gasteiger partial charge in [0.15, 0.2) is 0 Å². The number of nitrogen functional groups attached to an aromatic ring is 1. The maximum Gasteiger partial charge on any atom is 0.217 e. The molecule has 1 aliphatic heterocycles. The largest absolute Gasteiger partial charge is 0.489 e. The van der Waals surface area contributed by atoms with Gasteiger partial charge in [0.2, 0.25) is 5.91 Å². The highest BCUT2D eigenvalue weighted by molar-refractivity contribution is 5.72. The molecule has 1 saturated heterocycles. The van der Waals surface area contributed by atoms with Crippen LogP contribution in [0.15, 0.2) is 36.7 Å². The van der Waals surface area contributed by atoms with E-state index in [0.717, 1.165) is 43.1 Å². The second kappa shape index (κ2) is 7.94. The van der Waals surface area contributed by atoms with E-state index in [0.29, 0.717) is 12.4 Å². The second-order valence-electron chi connectivity index (χ2n) is 6.25. The molecule has 0 spiro atoms. The van der Waals surface area contributed by atoms with Crippen LogP contribution in [0.4, 0.5) is 5.82 Å². The van der Waals surface area contributed by atoms with Gasteiger partial charge in [0.25, 0.3) is 0 Å². The summed E-state index contributed by atoms with van der Waals surface area (Å²) in [6.45, 7) is 4.59. The van der Waals surface area contributed by atoms with Gasteiger partial charge < -0.3 is 15.8 Å². The van der Waals surface area contributed by atoms with E-state index in [-0.39, 0.29) is 12.0 Å². The molecule has 25 heavy (non-hydrogen) atoms. The number of aromatic nitrogens is 2. The molecule has 1 amide bonds. The average Bonchev–Trinajstić information content (AvgIpc) is 3.00. The third kappa shape index (κ3) is 5.15. The lowest BCUT2D eigenvalue weighted by Crippen LogP contribution is -2.24. The number of pyridine rings is 2. The molecule has 0 saturated carbocycles. The van der Waals surface area contributed by atoms with Crippen LogP contribution in [0.1, 0.15) is 24.6 Å². The van der Waals surface area contributed by atoms with Gasteiger partial charge in [-0.2, -0.15) is 0 Å². The maximum atomic E-state index is 11.0. The van der Waals surface area contributed by atoms with Crippen molar-refractivity contribution in [1.82, 2.24) is 20.2 Å². The normalized spacial score (nSPS) is 17.4. The fraction of sp³-hybridized carbons (Fsp3) is 0.389. The zero-order chi connectivity index (χ0) is 17.6. The first-order valence-corrected chi connectivity index (χ1v) is 8.37. The quantitative estimate of drug-likeness (QED) is 0.824. The van der Waals surface area contributed by atoms with Crippen molar-refractivity contribution in [2.24, 2.45) is 0 Å². The molecule has 0 radical (unpaired) electrons. The first kappa shape index (κ1) is 17.2. The van der Waals surface area contributed by atoms with Gasteiger partial charge in [-0.25, -0.2) is 4.98 Å². The van der Waals surface area contributed by atoms with Crippen molar-refractivity contribution in [3.63, 3.8) is 0 Å². The lowest BCUT2D eigenvalue weighted by molar-refractivity contribution is -0.119. The van der Waals surface area contributed by atoms with Gasteiger partial charge in [0, 0.05) is 45.0 Å². The van der Waals surface area contributed by atoms with E-state index in [4.69, 9.17) is 10.5 Å². The third-order valence-electron chi connectivity index (χ3n) is 4.09. The monoisotopic (exact) mass is 341 g/mol. The minimum atomic E-state index is -0.0729. The van der Waals surface area contributed by atoms with E-state index in [1.54, 1.807) is 12.4 Å². The molecular formula is C18H23N5O2. The number of nitrogens with one attached hydrogen (secondary N) is 1. The first-order chi connectivity index (χ1) is 12.1. The number of carbonyl (C=O) groups excluding carboxylic acids is 1. The summed E-state index contributed by atoms with van der Waals surface area (Å²) in [5.74, 6) is 1.26. The number of anilines is 1. The highest BCUT2D eigenvalue weighted by atomic mass is 16.5. The number of carbonyl (C=O) groups is 1. The van der Waals surface area contributed by atoms with Gasteiger partial charge in [-0.05, 0) is 30.2 Å². The average molecular weight is 341 g/mol. The SMILES string of the molecule is CC(=O)NCc1cc(OC2CCN(Cc3ccnc(N)c3)C2)ccn1. The molecule has 2 aromatic heterocycles. The number of ether oxygens (including phenoxy) is 1. The van der Waals surface area contributed by atoms with Crippen LogP contribution in [0.3, 0.4) is 0 Å². The molecule has 7 nitrogen and oxygen atoms in total. The third-order valence-corrected chi connectivity index (χ3v) is 4.09. The predicted octanol–water partition coefficient (Wildman–Crippen LogP) is 1.35. The van der Waals surface area contributed by atoms with Crippen molar-refractivity contribution < 1.29 is 9.53 Å². The van der Waals surface area contributed by atoms with Crippen LogP contribution in [0.2, 0.25) is 0 Å². The Morgan fingerprint density at radius 3 is 3.00 bits per heavy atom. The molecule has 3 rings (SSSR count). The van der Waals surface area contributed by atoms with E-state index >= 15 is 0 Å². The van der Waals surface area contributed by atoms with Crippen molar-refractivity contribution in [1.29, 1.82) is 0 Å². The smallest absolute Gasteiger partial charge is 0.217 e. The Morgan fingerprint density at radius 2 is 2.20 bits per heavy atom. The molecule has 0 aromatic carbocycles. The summed E-state index contributed by atoms with van der Waals surface area (Å²) in [6.07, 6.45) is 4.57. The summed E-state index contributed by atoms with van der Waals surface area (Å²) < 4.78 is 6.08. The standard InChI is InChI=1S/C18H23N5O2/c1-13(24)22-10-15-9-16(3-6-20-15)25-17-4-7-23(12-17)11-14-2-5-21-18(19)8-14/h2-3,5-6,8-9,17H,4,7,10-12H2,1H3,(H2,19,21)(H,22,24).